The van der Waals surface area contributed by atoms with Crippen LogP contribution in [-0.2, 0) is 13.1 Å². The number of rotatable bonds is 8. The van der Waals surface area contributed by atoms with Crippen LogP contribution in [0.25, 0.3) is 0 Å². The molecule has 0 spiro atoms. The van der Waals surface area contributed by atoms with Crippen molar-refractivity contribution in [2.45, 2.75) is 45.7 Å². The SMILES string of the molecule is CCCCOc1ncc2c(n1)N(Cc1cccc(CN3CCCC3)c1)CC=N2. The molecule has 0 amide bonds. The number of fused-ring (bicyclic) bond motifs is 1. The number of benzene rings is 1. The highest BCUT2D eigenvalue weighted by atomic mass is 16.5. The number of anilines is 1. The van der Waals surface area contributed by atoms with Gasteiger partial charge in [-0.15, -0.1) is 0 Å². The summed E-state index contributed by atoms with van der Waals surface area (Å²) in [6.07, 6.45) is 8.44. The Hall–Kier alpha value is -2.47. The van der Waals surface area contributed by atoms with Gasteiger partial charge in [-0.05, 0) is 43.5 Å². The van der Waals surface area contributed by atoms with E-state index in [1.165, 1.54) is 37.1 Å². The second-order valence-corrected chi connectivity index (χ2v) is 7.56. The van der Waals surface area contributed by atoms with E-state index in [1.807, 2.05) is 6.21 Å². The van der Waals surface area contributed by atoms with Crippen molar-refractivity contribution in [2.75, 3.05) is 31.1 Å². The van der Waals surface area contributed by atoms with E-state index in [4.69, 9.17) is 4.74 Å². The molecule has 0 atom stereocenters. The van der Waals surface area contributed by atoms with Crippen LogP contribution in [0.15, 0.2) is 35.5 Å². The minimum atomic E-state index is 0.442. The van der Waals surface area contributed by atoms with Crippen molar-refractivity contribution in [1.82, 2.24) is 14.9 Å². The number of aliphatic imine (C=N–C) groups is 1. The van der Waals surface area contributed by atoms with Gasteiger partial charge in [-0.2, -0.15) is 4.98 Å². The first-order chi connectivity index (χ1) is 13.8. The summed E-state index contributed by atoms with van der Waals surface area (Å²) in [5, 5.41) is 0. The number of nitrogens with zero attached hydrogens (tertiary/aromatic N) is 5. The molecule has 1 aromatic carbocycles. The summed E-state index contributed by atoms with van der Waals surface area (Å²) in [5.41, 5.74) is 3.49. The molecule has 0 radical (unpaired) electrons. The van der Waals surface area contributed by atoms with E-state index in [0.29, 0.717) is 12.6 Å². The number of unbranched alkanes of at least 4 members (excludes halogenated alkanes) is 1. The lowest BCUT2D eigenvalue weighted by Crippen LogP contribution is -2.28. The quantitative estimate of drug-likeness (QED) is 0.650. The van der Waals surface area contributed by atoms with E-state index in [1.54, 1.807) is 6.20 Å². The zero-order valence-electron chi connectivity index (χ0n) is 16.7. The molecule has 4 rings (SSSR count). The van der Waals surface area contributed by atoms with Gasteiger partial charge in [-0.25, -0.2) is 4.98 Å². The Morgan fingerprint density at radius 1 is 1.11 bits per heavy atom. The number of likely N-dealkylation sites (tertiary alicyclic amines) is 1. The summed E-state index contributed by atoms with van der Waals surface area (Å²) < 4.78 is 5.70. The van der Waals surface area contributed by atoms with Gasteiger partial charge in [0.25, 0.3) is 0 Å². The standard InChI is InChI=1S/C22H29N5O/c1-2-3-13-28-22-24-15-20-21(25-22)27(12-9-23-20)17-19-8-6-7-18(14-19)16-26-10-4-5-11-26/h6-9,14-15H,2-5,10-13,16-17H2,1H3. The van der Waals surface area contributed by atoms with Crippen LogP contribution < -0.4 is 9.64 Å². The van der Waals surface area contributed by atoms with E-state index < -0.39 is 0 Å². The van der Waals surface area contributed by atoms with Crippen LogP contribution in [-0.4, -0.2) is 47.3 Å². The second kappa shape index (κ2) is 9.15. The molecule has 1 fully saturated rings. The van der Waals surface area contributed by atoms with Crippen molar-refractivity contribution in [3.8, 4) is 6.01 Å². The monoisotopic (exact) mass is 379 g/mol. The van der Waals surface area contributed by atoms with Crippen LogP contribution in [0.1, 0.15) is 43.7 Å². The molecule has 0 N–H and O–H groups in total. The van der Waals surface area contributed by atoms with Gasteiger partial charge in [0, 0.05) is 19.3 Å². The zero-order chi connectivity index (χ0) is 19.2. The largest absolute Gasteiger partial charge is 0.463 e. The molecule has 2 aromatic rings. The third-order valence-corrected chi connectivity index (χ3v) is 5.26. The molecule has 6 nitrogen and oxygen atoms in total. The first kappa shape index (κ1) is 18.9. The Morgan fingerprint density at radius 2 is 1.93 bits per heavy atom. The molecular formula is C22H29N5O. The Bertz CT molecular complexity index is 816. The smallest absolute Gasteiger partial charge is 0.318 e. The van der Waals surface area contributed by atoms with E-state index in [0.717, 1.165) is 44.0 Å². The summed E-state index contributed by atoms with van der Waals surface area (Å²) in [6, 6.07) is 9.36. The van der Waals surface area contributed by atoms with Gasteiger partial charge in [0.2, 0.25) is 0 Å². The van der Waals surface area contributed by atoms with Gasteiger partial charge >= 0.3 is 6.01 Å². The van der Waals surface area contributed by atoms with Crippen LogP contribution >= 0.6 is 0 Å². The summed E-state index contributed by atoms with van der Waals surface area (Å²) in [4.78, 5) is 18.2. The number of aromatic nitrogens is 2. The molecule has 0 saturated carbocycles. The summed E-state index contributed by atoms with van der Waals surface area (Å²) in [7, 11) is 0. The molecule has 1 aromatic heterocycles. The minimum Gasteiger partial charge on any atom is -0.463 e. The lowest BCUT2D eigenvalue weighted by molar-refractivity contribution is 0.285. The molecule has 3 heterocycles. The van der Waals surface area contributed by atoms with Crippen molar-refractivity contribution >= 4 is 17.7 Å². The van der Waals surface area contributed by atoms with Crippen molar-refractivity contribution in [3.63, 3.8) is 0 Å². The van der Waals surface area contributed by atoms with Crippen molar-refractivity contribution < 1.29 is 4.74 Å². The lowest BCUT2D eigenvalue weighted by Gasteiger charge is -2.26. The van der Waals surface area contributed by atoms with Crippen molar-refractivity contribution in [2.24, 2.45) is 4.99 Å². The molecule has 0 bridgehead atoms. The van der Waals surface area contributed by atoms with Crippen LogP contribution in [0.5, 0.6) is 6.01 Å². The van der Waals surface area contributed by atoms with Crippen LogP contribution in [0.4, 0.5) is 11.5 Å². The lowest BCUT2D eigenvalue weighted by atomic mass is 10.1. The van der Waals surface area contributed by atoms with Crippen molar-refractivity contribution in [1.29, 1.82) is 0 Å². The summed E-state index contributed by atoms with van der Waals surface area (Å²) in [5.74, 6) is 0.856. The minimum absolute atomic E-state index is 0.442. The third kappa shape index (κ3) is 4.68. The number of ether oxygens (including phenoxy) is 1. The van der Waals surface area contributed by atoms with E-state index >= 15 is 0 Å². The Morgan fingerprint density at radius 3 is 2.75 bits per heavy atom. The van der Waals surface area contributed by atoms with Crippen LogP contribution in [0.2, 0.25) is 0 Å². The average Bonchev–Trinajstić information content (AvgIpc) is 3.22. The predicted octanol–water partition coefficient (Wildman–Crippen LogP) is 3.97. The molecule has 0 aliphatic carbocycles. The molecule has 148 valence electrons. The highest BCUT2D eigenvalue weighted by Gasteiger charge is 2.19. The van der Waals surface area contributed by atoms with E-state index in [-0.39, 0.29) is 0 Å². The van der Waals surface area contributed by atoms with Gasteiger partial charge in [-0.3, -0.25) is 9.89 Å². The summed E-state index contributed by atoms with van der Waals surface area (Å²) in [6.45, 7) is 7.83. The highest BCUT2D eigenvalue weighted by molar-refractivity contribution is 5.79. The molecule has 2 aliphatic rings. The molecule has 28 heavy (non-hydrogen) atoms. The maximum Gasteiger partial charge on any atom is 0.318 e. The Kier molecular flexibility index (Phi) is 6.17. The first-order valence-electron chi connectivity index (χ1n) is 10.4. The second-order valence-electron chi connectivity index (χ2n) is 7.56. The third-order valence-electron chi connectivity index (χ3n) is 5.26. The van der Waals surface area contributed by atoms with E-state index in [9.17, 15) is 0 Å². The number of hydrogen-bond acceptors (Lipinski definition) is 6. The molecule has 0 unspecified atom stereocenters. The molecule has 6 heteroatoms. The van der Waals surface area contributed by atoms with Crippen LogP contribution in [0.3, 0.4) is 0 Å². The zero-order valence-corrected chi connectivity index (χ0v) is 16.7. The predicted molar refractivity (Wildman–Crippen MR) is 113 cm³/mol. The molecule has 2 aliphatic heterocycles. The fourth-order valence-electron chi connectivity index (χ4n) is 3.76. The van der Waals surface area contributed by atoms with Gasteiger partial charge in [0.05, 0.1) is 19.3 Å². The Labute approximate surface area is 167 Å². The number of hydrogen-bond donors (Lipinski definition) is 0. The van der Waals surface area contributed by atoms with E-state index in [2.05, 4.69) is 55.9 Å². The normalized spacial score (nSPS) is 16.4. The fraction of sp³-hybridized carbons (Fsp3) is 0.500. The van der Waals surface area contributed by atoms with Gasteiger partial charge in [0.15, 0.2) is 5.82 Å². The average molecular weight is 380 g/mol. The highest BCUT2D eigenvalue weighted by Crippen LogP contribution is 2.30. The van der Waals surface area contributed by atoms with Crippen molar-refractivity contribution in [3.05, 3.63) is 41.6 Å². The summed E-state index contributed by atoms with van der Waals surface area (Å²) >= 11 is 0. The first-order valence-corrected chi connectivity index (χ1v) is 10.4. The maximum absolute atomic E-state index is 5.70. The van der Waals surface area contributed by atoms with Gasteiger partial charge in [0.1, 0.15) is 5.69 Å². The Balaban J connectivity index is 1.46. The van der Waals surface area contributed by atoms with Crippen LogP contribution in [0, 0.1) is 0 Å². The molecule has 1 saturated heterocycles. The molecular weight excluding hydrogens is 350 g/mol. The fourth-order valence-corrected chi connectivity index (χ4v) is 3.76. The van der Waals surface area contributed by atoms with Gasteiger partial charge in [-0.1, -0.05) is 37.6 Å². The van der Waals surface area contributed by atoms with Gasteiger partial charge < -0.3 is 9.64 Å². The maximum atomic E-state index is 5.70. The topological polar surface area (TPSA) is 53.9 Å².